The Bertz CT molecular complexity index is 412. The summed E-state index contributed by atoms with van der Waals surface area (Å²) in [6.45, 7) is 5.03. The third-order valence-electron chi connectivity index (χ3n) is 3.42. The van der Waals surface area contributed by atoms with Gasteiger partial charge in [0.2, 0.25) is 0 Å². The van der Waals surface area contributed by atoms with Crippen molar-refractivity contribution in [2.75, 3.05) is 6.61 Å². The van der Waals surface area contributed by atoms with Crippen LogP contribution in [0.15, 0.2) is 0 Å². The largest absolute Gasteiger partial charge is 0.371 e. The first kappa shape index (κ1) is 11.6. The van der Waals surface area contributed by atoms with E-state index in [0.29, 0.717) is 5.92 Å². The second kappa shape index (κ2) is 4.04. The van der Waals surface area contributed by atoms with Crippen LogP contribution in [0.2, 0.25) is 0 Å². The standard InChI is InChI=1S/C13H20N2OS/c1-13(2,14)11-10(8-5-6-8)15-12(17-11)9-4-3-7-16-9/h8-9H,3-7,14H2,1-2H3. The average Bonchev–Trinajstić information content (AvgIpc) is 2.82. The van der Waals surface area contributed by atoms with Crippen LogP contribution in [0.5, 0.6) is 0 Å². The quantitative estimate of drug-likeness (QED) is 0.899. The number of thiazole rings is 1. The van der Waals surface area contributed by atoms with E-state index in [9.17, 15) is 0 Å². The molecule has 17 heavy (non-hydrogen) atoms. The minimum atomic E-state index is -0.271. The van der Waals surface area contributed by atoms with E-state index in [1.807, 2.05) is 0 Å². The molecule has 1 unspecified atom stereocenters. The summed E-state index contributed by atoms with van der Waals surface area (Å²) in [5.74, 6) is 0.666. The number of nitrogens with two attached hydrogens (primary N) is 1. The topological polar surface area (TPSA) is 48.1 Å². The molecule has 2 N–H and O–H groups in total. The van der Waals surface area contributed by atoms with Crippen molar-refractivity contribution in [3.05, 3.63) is 15.6 Å². The molecule has 0 spiro atoms. The first-order chi connectivity index (χ1) is 8.05. The fraction of sp³-hybridized carbons (Fsp3) is 0.769. The van der Waals surface area contributed by atoms with Gasteiger partial charge in [0.05, 0.1) is 5.69 Å². The van der Waals surface area contributed by atoms with Gasteiger partial charge in [-0.25, -0.2) is 4.98 Å². The molecule has 0 bridgehead atoms. The predicted octanol–water partition coefficient (Wildman–Crippen LogP) is 3.07. The molecule has 94 valence electrons. The Labute approximate surface area is 106 Å². The van der Waals surface area contributed by atoms with Gasteiger partial charge in [0, 0.05) is 22.9 Å². The van der Waals surface area contributed by atoms with Crippen LogP contribution in [0, 0.1) is 0 Å². The Morgan fingerprint density at radius 3 is 2.65 bits per heavy atom. The van der Waals surface area contributed by atoms with Gasteiger partial charge in [-0.2, -0.15) is 0 Å². The van der Waals surface area contributed by atoms with Gasteiger partial charge in [0.1, 0.15) is 11.1 Å². The molecule has 1 atom stereocenters. The molecule has 2 heterocycles. The SMILES string of the molecule is CC(C)(N)c1sc(C2CCCO2)nc1C1CC1. The predicted molar refractivity (Wildman–Crippen MR) is 69.2 cm³/mol. The molecular weight excluding hydrogens is 232 g/mol. The molecule has 2 fully saturated rings. The monoisotopic (exact) mass is 252 g/mol. The van der Waals surface area contributed by atoms with Crippen molar-refractivity contribution in [3.63, 3.8) is 0 Å². The minimum absolute atomic E-state index is 0.230. The zero-order chi connectivity index (χ0) is 12.0. The Kier molecular flexibility index (Phi) is 2.76. The highest BCUT2D eigenvalue weighted by Gasteiger charge is 2.35. The highest BCUT2D eigenvalue weighted by molar-refractivity contribution is 7.12. The molecule has 1 aliphatic heterocycles. The lowest BCUT2D eigenvalue weighted by Crippen LogP contribution is -2.28. The van der Waals surface area contributed by atoms with Gasteiger partial charge < -0.3 is 10.5 Å². The minimum Gasteiger partial charge on any atom is -0.371 e. The second-order valence-electron chi connectivity index (χ2n) is 5.76. The summed E-state index contributed by atoms with van der Waals surface area (Å²) in [4.78, 5) is 6.10. The number of aromatic nitrogens is 1. The van der Waals surface area contributed by atoms with Crippen molar-refractivity contribution in [1.29, 1.82) is 0 Å². The number of hydrogen-bond donors (Lipinski definition) is 1. The van der Waals surface area contributed by atoms with Gasteiger partial charge >= 0.3 is 0 Å². The molecule has 4 heteroatoms. The van der Waals surface area contributed by atoms with Crippen LogP contribution in [0.25, 0.3) is 0 Å². The molecule has 1 aliphatic carbocycles. The summed E-state index contributed by atoms with van der Waals surface area (Å²) in [5, 5.41) is 1.15. The van der Waals surface area contributed by atoms with Crippen molar-refractivity contribution < 1.29 is 4.74 Å². The summed E-state index contributed by atoms with van der Waals surface area (Å²) in [7, 11) is 0. The van der Waals surface area contributed by atoms with Crippen LogP contribution in [-0.4, -0.2) is 11.6 Å². The van der Waals surface area contributed by atoms with Crippen LogP contribution in [-0.2, 0) is 10.3 Å². The van der Waals surface area contributed by atoms with Crippen molar-refractivity contribution in [2.45, 2.75) is 57.1 Å². The van der Waals surface area contributed by atoms with Gasteiger partial charge in [-0.15, -0.1) is 11.3 Å². The van der Waals surface area contributed by atoms with Gasteiger partial charge in [-0.3, -0.25) is 0 Å². The third kappa shape index (κ3) is 2.26. The Balaban J connectivity index is 1.95. The molecule has 2 aliphatic rings. The van der Waals surface area contributed by atoms with E-state index in [2.05, 4.69) is 13.8 Å². The lowest BCUT2D eigenvalue weighted by atomic mass is 10.0. The number of nitrogens with zero attached hydrogens (tertiary/aromatic N) is 1. The van der Waals surface area contributed by atoms with Gasteiger partial charge in [-0.1, -0.05) is 0 Å². The van der Waals surface area contributed by atoms with E-state index >= 15 is 0 Å². The molecular formula is C13H20N2OS. The highest BCUT2D eigenvalue weighted by Crippen LogP contribution is 2.46. The fourth-order valence-electron chi connectivity index (χ4n) is 2.35. The second-order valence-corrected chi connectivity index (χ2v) is 6.79. The first-order valence-electron chi connectivity index (χ1n) is 6.47. The molecule has 3 nitrogen and oxygen atoms in total. The third-order valence-corrected chi connectivity index (χ3v) is 4.93. The Hall–Kier alpha value is -0.450. The lowest BCUT2D eigenvalue weighted by molar-refractivity contribution is 0.111. The molecule has 0 aromatic carbocycles. The zero-order valence-electron chi connectivity index (χ0n) is 10.5. The van der Waals surface area contributed by atoms with Crippen molar-refractivity contribution in [2.24, 2.45) is 5.73 Å². The van der Waals surface area contributed by atoms with Crippen molar-refractivity contribution in [1.82, 2.24) is 4.98 Å². The fourth-order valence-corrected chi connectivity index (χ4v) is 3.60. The summed E-state index contributed by atoms with van der Waals surface area (Å²) < 4.78 is 5.73. The van der Waals surface area contributed by atoms with Crippen molar-refractivity contribution >= 4 is 11.3 Å². The normalized spacial score (nSPS) is 25.5. The lowest BCUT2D eigenvalue weighted by Gasteiger charge is -2.17. The maximum Gasteiger partial charge on any atom is 0.122 e. The summed E-state index contributed by atoms with van der Waals surface area (Å²) in [6, 6.07) is 0. The van der Waals surface area contributed by atoms with Gasteiger partial charge in [0.25, 0.3) is 0 Å². The number of rotatable bonds is 3. The van der Waals surface area contributed by atoms with Crippen LogP contribution in [0.1, 0.15) is 67.1 Å². The van der Waals surface area contributed by atoms with Crippen molar-refractivity contribution in [3.8, 4) is 0 Å². The molecule has 3 rings (SSSR count). The van der Waals surface area contributed by atoms with E-state index in [0.717, 1.165) is 24.5 Å². The molecule has 1 aromatic rings. The number of ether oxygens (including phenoxy) is 1. The van der Waals surface area contributed by atoms with Crippen LogP contribution >= 0.6 is 11.3 Å². The van der Waals surface area contributed by atoms with Crippen LogP contribution < -0.4 is 5.73 Å². The highest BCUT2D eigenvalue weighted by atomic mass is 32.1. The maximum atomic E-state index is 6.26. The average molecular weight is 252 g/mol. The van der Waals surface area contributed by atoms with Crippen LogP contribution in [0.3, 0.4) is 0 Å². The Morgan fingerprint density at radius 2 is 2.12 bits per heavy atom. The summed E-state index contributed by atoms with van der Waals surface area (Å²) in [5.41, 5.74) is 7.25. The first-order valence-corrected chi connectivity index (χ1v) is 7.29. The molecule has 1 saturated heterocycles. The van der Waals surface area contributed by atoms with E-state index in [-0.39, 0.29) is 11.6 Å². The van der Waals surface area contributed by atoms with Gasteiger partial charge in [-0.05, 0) is 39.5 Å². The molecule has 0 radical (unpaired) electrons. The zero-order valence-corrected chi connectivity index (χ0v) is 11.3. The molecule has 0 amide bonds. The summed E-state index contributed by atoms with van der Waals surface area (Å²) in [6.07, 6.45) is 5.05. The maximum absolute atomic E-state index is 6.26. The number of hydrogen-bond acceptors (Lipinski definition) is 4. The van der Waals surface area contributed by atoms with E-state index in [1.165, 1.54) is 23.4 Å². The van der Waals surface area contributed by atoms with E-state index < -0.39 is 0 Å². The Morgan fingerprint density at radius 1 is 1.35 bits per heavy atom. The molecule has 1 saturated carbocycles. The van der Waals surface area contributed by atoms with Gasteiger partial charge in [0.15, 0.2) is 0 Å². The van der Waals surface area contributed by atoms with E-state index in [4.69, 9.17) is 15.5 Å². The van der Waals surface area contributed by atoms with Crippen LogP contribution in [0.4, 0.5) is 0 Å². The van der Waals surface area contributed by atoms with E-state index in [1.54, 1.807) is 11.3 Å². The smallest absolute Gasteiger partial charge is 0.122 e. The molecule has 1 aromatic heterocycles. The summed E-state index contributed by atoms with van der Waals surface area (Å²) >= 11 is 1.77.